The first-order valence-corrected chi connectivity index (χ1v) is 11.3. The molecule has 26 heavy (non-hydrogen) atoms. The molecular weight excluding hydrogens is 483 g/mol. The van der Waals surface area contributed by atoms with Crippen molar-refractivity contribution in [3.63, 3.8) is 0 Å². The lowest BCUT2D eigenvalue weighted by Crippen LogP contribution is -2.42. The first-order valence-electron chi connectivity index (χ1n) is 9.02. The van der Waals surface area contributed by atoms with Crippen LogP contribution < -0.4 is 10.6 Å². The first kappa shape index (κ1) is 25.6. The van der Waals surface area contributed by atoms with Crippen LogP contribution in [0.25, 0.3) is 0 Å². The summed E-state index contributed by atoms with van der Waals surface area (Å²) >= 11 is 1.34. The number of hydrogen-bond donors (Lipinski definition) is 2. The molecule has 9 heteroatoms. The van der Waals surface area contributed by atoms with Gasteiger partial charge < -0.3 is 10.6 Å². The maximum atomic E-state index is 12.5. The van der Waals surface area contributed by atoms with E-state index in [9.17, 15) is 8.42 Å². The van der Waals surface area contributed by atoms with E-state index in [0.29, 0.717) is 29.9 Å². The number of nitrogens with one attached hydrogen (secondary N) is 2. The Kier molecular flexibility index (Phi) is 12.7. The van der Waals surface area contributed by atoms with Crippen LogP contribution in [0.2, 0.25) is 0 Å². The second-order valence-electron chi connectivity index (χ2n) is 5.77. The minimum atomic E-state index is -3.36. The zero-order valence-corrected chi connectivity index (χ0v) is 20.4. The van der Waals surface area contributed by atoms with Gasteiger partial charge in [0.1, 0.15) is 4.21 Å². The fourth-order valence-corrected chi connectivity index (χ4v) is 5.21. The third-order valence-corrected chi connectivity index (χ3v) is 7.57. The minimum Gasteiger partial charge on any atom is -0.357 e. The van der Waals surface area contributed by atoms with Crippen molar-refractivity contribution >= 4 is 51.3 Å². The summed E-state index contributed by atoms with van der Waals surface area (Å²) in [5, 5.41) is 6.59. The molecule has 1 atom stereocenters. The molecule has 2 N–H and O–H groups in total. The molecule has 0 saturated heterocycles. The summed E-state index contributed by atoms with van der Waals surface area (Å²) in [5.74, 6) is 0.810. The molecule has 0 fully saturated rings. The van der Waals surface area contributed by atoms with E-state index in [1.807, 2.05) is 26.8 Å². The average Bonchev–Trinajstić information content (AvgIpc) is 3.05. The molecule has 1 heterocycles. The van der Waals surface area contributed by atoms with Crippen molar-refractivity contribution < 1.29 is 8.42 Å². The van der Waals surface area contributed by atoms with Crippen molar-refractivity contribution in [1.82, 2.24) is 14.9 Å². The van der Waals surface area contributed by atoms with Gasteiger partial charge in [-0.1, -0.05) is 20.8 Å². The highest BCUT2D eigenvalue weighted by atomic mass is 127. The van der Waals surface area contributed by atoms with Crippen LogP contribution in [0.1, 0.15) is 45.9 Å². The predicted molar refractivity (Wildman–Crippen MR) is 122 cm³/mol. The van der Waals surface area contributed by atoms with Crippen LogP contribution in [0.5, 0.6) is 0 Å². The highest BCUT2D eigenvalue weighted by molar-refractivity contribution is 14.0. The van der Waals surface area contributed by atoms with E-state index in [4.69, 9.17) is 0 Å². The molecule has 0 bridgehead atoms. The number of rotatable bonds is 10. The highest BCUT2D eigenvalue weighted by Gasteiger charge is 2.23. The lowest BCUT2D eigenvalue weighted by molar-refractivity contribution is 0.447. The molecule has 0 radical (unpaired) electrons. The number of halogens is 1. The van der Waals surface area contributed by atoms with Crippen molar-refractivity contribution in [2.45, 2.75) is 57.7 Å². The summed E-state index contributed by atoms with van der Waals surface area (Å²) in [7, 11) is -3.36. The Balaban J connectivity index is 0.00000625. The van der Waals surface area contributed by atoms with Gasteiger partial charge >= 0.3 is 0 Å². The van der Waals surface area contributed by atoms with Crippen molar-refractivity contribution in [3.05, 3.63) is 17.0 Å². The van der Waals surface area contributed by atoms with Crippen molar-refractivity contribution in [1.29, 1.82) is 0 Å². The van der Waals surface area contributed by atoms with Gasteiger partial charge in [0.05, 0.1) is 0 Å². The Hall–Kier alpha value is -0.390. The maximum Gasteiger partial charge on any atom is 0.252 e. The van der Waals surface area contributed by atoms with Gasteiger partial charge in [-0.15, -0.1) is 35.3 Å². The summed E-state index contributed by atoms with van der Waals surface area (Å²) in [6, 6.07) is 3.97. The Morgan fingerprint density at radius 1 is 1.23 bits per heavy atom. The first-order chi connectivity index (χ1) is 11.9. The average molecular weight is 517 g/mol. The molecule has 6 nitrogen and oxygen atoms in total. The van der Waals surface area contributed by atoms with Gasteiger partial charge in [-0.25, -0.2) is 8.42 Å². The molecule has 0 saturated carbocycles. The zero-order valence-electron chi connectivity index (χ0n) is 16.4. The van der Waals surface area contributed by atoms with Crippen LogP contribution in [0.3, 0.4) is 0 Å². The van der Waals surface area contributed by atoms with E-state index < -0.39 is 10.0 Å². The second-order valence-corrected chi connectivity index (χ2v) is 9.11. The van der Waals surface area contributed by atoms with Crippen LogP contribution in [-0.4, -0.2) is 50.9 Å². The summed E-state index contributed by atoms with van der Waals surface area (Å²) in [4.78, 5) is 5.61. The standard InChI is InChI=1S/C17H32N4O2S2.HI/c1-6-14(5)20-17(18-7-2)19-13-12-15-10-11-16(24-15)25(22,23)21(8-3)9-4;/h10-11,14H,6-9,12-13H2,1-5H3,(H2,18,19,20);1H. The number of sulfonamides is 1. The number of thiophene rings is 1. The van der Waals surface area contributed by atoms with E-state index in [1.54, 1.807) is 6.07 Å². The lowest BCUT2D eigenvalue weighted by Gasteiger charge is -2.16. The zero-order chi connectivity index (χ0) is 18.9. The molecule has 0 aliphatic rings. The monoisotopic (exact) mass is 516 g/mol. The number of aliphatic imine (C=N–C) groups is 1. The Bertz CT molecular complexity index is 643. The van der Waals surface area contributed by atoms with E-state index in [-0.39, 0.29) is 24.0 Å². The molecule has 1 aromatic heterocycles. The van der Waals surface area contributed by atoms with Crippen LogP contribution in [-0.2, 0) is 16.4 Å². The molecule has 1 rings (SSSR count). The molecule has 1 aromatic rings. The lowest BCUT2D eigenvalue weighted by atomic mass is 10.3. The molecule has 0 aromatic carbocycles. The van der Waals surface area contributed by atoms with Gasteiger partial charge in [0.15, 0.2) is 5.96 Å². The van der Waals surface area contributed by atoms with Crippen molar-refractivity contribution in [3.8, 4) is 0 Å². The fourth-order valence-electron chi connectivity index (χ4n) is 2.26. The van der Waals surface area contributed by atoms with E-state index in [1.165, 1.54) is 15.6 Å². The Morgan fingerprint density at radius 2 is 1.88 bits per heavy atom. The van der Waals surface area contributed by atoms with Gasteiger partial charge in [0, 0.05) is 43.5 Å². The van der Waals surface area contributed by atoms with E-state index in [0.717, 1.165) is 30.2 Å². The summed E-state index contributed by atoms with van der Waals surface area (Å²) < 4.78 is 26.9. The van der Waals surface area contributed by atoms with Crippen LogP contribution in [0.15, 0.2) is 21.3 Å². The largest absolute Gasteiger partial charge is 0.357 e. The maximum absolute atomic E-state index is 12.5. The molecule has 0 aliphatic heterocycles. The topological polar surface area (TPSA) is 73.8 Å². The molecule has 1 unspecified atom stereocenters. The van der Waals surface area contributed by atoms with Gasteiger partial charge in [0.2, 0.25) is 0 Å². The normalized spacial score (nSPS) is 13.4. The predicted octanol–water partition coefficient (Wildman–Crippen LogP) is 3.29. The molecule has 0 amide bonds. The van der Waals surface area contributed by atoms with Gasteiger partial charge in [0.25, 0.3) is 10.0 Å². The van der Waals surface area contributed by atoms with Crippen LogP contribution >= 0.6 is 35.3 Å². The molecular formula is C17H33IN4O2S2. The molecule has 0 aliphatic carbocycles. The van der Waals surface area contributed by atoms with Crippen LogP contribution in [0, 0.1) is 0 Å². The van der Waals surface area contributed by atoms with E-state index >= 15 is 0 Å². The molecule has 152 valence electrons. The highest BCUT2D eigenvalue weighted by Crippen LogP contribution is 2.25. The smallest absolute Gasteiger partial charge is 0.252 e. The van der Waals surface area contributed by atoms with Crippen LogP contribution in [0.4, 0.5) is 0 Å². The van der Waals surface area contributed by atoms with Crippen molar-refractivity contribution in [2.75, 3.05) is 26.2 Å². The summed E-state index contributed by atoms with van der Waals surface area (Å²) in [6.45, 7) is 12.4. The summed E-state index contributed by atoms with van der Waals surface area (Å²) in [6.07, 6.45) is 1.76. The van der Waals surface area contributed by atoms with Crippen molar-refractivity contribution in [2.24, 2.45) is 4.99 Å². The molecule has 0 spiro atoms. The van der Waals surface area contributed by atoms with E-state index in [2.05, 4.69) is 29.5 Å². The quantitative estimate of drug-likeness (QED) is 0.285. The van der Waals surface area contributed by atoms with Gasteiger partial charge in [-0.3, -0.25) is 4.99 Å². The Morgan fingerprint density at radius 3 is 2.42 bits per heavy atom. The minimum absolute atomic E-state index is 0. The third-order valence-electron chi connectivity index (χ3n) is 3.90. The van der Waals surface area contributed by atoms with Gasteiger partial charge in [-0.05, 0) is 32.4 Å². The number of hydrogen-bond acceptors (Lipinski definition) is 4. The number of nitrogens with zero attached hydrogens (tertiary/aromatic N) is 2. The number of guanidine groups is 1. The third kappa shape index (κ3) is 7.69. The Labute approximate surface area is 179 Å². The van der Waals surface area contributed by atoms with Gasteiger partial charge in [-0.2, -0.15) is 4.31 Å². The second kappa shape index (κ2) is 12.9. The SMILES string of the molecule is CCNC(=NCCc1ccc(S(=O)(=O)N(CC)CC)s1)NC(C)CC.I. The fraction of sp³-hybridized carbons (Fsp3) is 0.706. The summed E-state index contributed by atoms with van der Waals surface area (Å²) in [5.41, 5.74) is 0.